The Bertz CT molecular complexity index is 1080. The van der Waals surface area contributed by atoms with Gasteiger partial charge in [-0.05, 0) is 31.3 Å². The van der Waals surface area contributed by atoms with Crippen molar-refractivity contribution in [3.05, 3.63) is 40.8 Å². The number of likely N-dealkylation sites (N-methyl/N-ethyl adjacent to an activating group) is 1. The second-order valence-corrected chi connectivity index (χ2v) is 8.07. The van der Waals surface area contributed by atoms with E-state index in [4.69, 9.17) is 0 Å². The highest BCUT2D eigenvalue weighted by Crippen LogP contribution is 2.25. The fraction of sp³-hybridized carbons (Fsp3) is 0.312. The van der Waals surface area contributed by atoms with Crippen LogP contribution in [0.1, 0.15) is 0 Å². The number of aromatic amines is 2. The molecule has 8 heteroatoms. The summed E-state index contributed by atoms with van der Waals surface area (Å²) in [6, 6.07) is 6.66. The highest BCUT2D eigenvalue weighted by Gasteiger charge is 2.27. The Balaban J connectivity index is 1.85. The molecule has 0 bridgehead atoms. The fourth-order valence-corrected chi connectivity index (χ4v) is 4.61. The normalized spacial score (nSPS) is 17.7. The highest BCUT2D eigenvalue weighted by molar-refractivity contribution is 7.89. The van der Waals surface area contributed by atoms with E-state index in [9.17, 15) is 13.2 Å². The predicted molar refractivity (Wildman–Crippen MR) is 92.7 cm³/mol. The Morgan fingerprint density at radius 3 is 2.54 bits per heavy atom. The number of pyridine rings is 1. The van der Waals surface area contributed by atoms with E-state index >= 15 is 0 Å². The van der Waals surface area contributed by atoms with E-state index in [1.54, 1.807) is 30.5 Å². The number of hydrogen-bond donors (Lipinski definition) is 2. The molecule has 0 spiro atoms. The molecule has 1 aliphatic rings. The third-order valence-electron chi connectivity index (χ3n) is 4.60. The van der Waals surface area contributed by atoms with Gasteiger partial charge in [0.2, 0.25) is 10.0 Å². The number of nitrogens with one attached hydrogen (secondary N) is 2. The molecule has 1 fully saturated rings. The van der Waals surface area contributed by atoms with Crippen molar-refractivity contribution in [2.45, 2.75) is 4.90 Å². The van der Waals surface area contributed by atoms with Crippen molar-refractivity contribution in [3.8, 4) is 0 Å². The molecule has 7 nitrogen and oxygen atoms in total. The fourth-order valence-electron chi connectivity index (χ4n) is 3.16. The Labute approximate surface area is 138 Å². The van der Waals surface area contributed by atoms with Crippen LogP contribution < -0.4 is 5.56 Å². The summed E-state index contributed by atoms with van der Waals surface area (Å²) < 4.78 is 27.3. The van der Waals surface area contributed by atoms with Gasteiger partial charge in [-0.25, -0.2) is 8.42 Å². The van der Waals surface area contributed by atoms with Crippen LogP contribution in [-0.2, 0) is 10.0 Å². The minimum absolute atomic E-state index is 0.211. The topological polar surface area (TPSA) is 89.3 Å². The molecule has 0 atom stereocenters. The Morgan fingerprint density at radius 1 is 1.04 bits per heavy atom. The van der Waals surface area contributed by atoms with Gasteiger partial charge in [0.1, 0.15) is 5.52 Å². The molecule has 0 saturated carbocycles. The maximum absolute atomic E-state index is 12.9. The minimum Gasteiger partial charge on any atom is -0.357 e. The molecule has 0 aliphatic carbocycles. The highest BCUT2D eigenvalue weighted by atomic mass is 32.2. The van der Waals surface area contributed by atoms with Crippen LogP contribution in [0.3, 0.4) is 0 Å². The Kier molecular flexibility index (Phi) is 3.48. The van der Waals surface area contributed by atoms with E-state index < -0.39 is 10.0 Å². The lowest BCUT2D eigenvalue weighted by atomic mass is 10.1. The van der Waals surface area contributed by atoms with E-state index in [1.165, 1.54) is 4.31 Å². The molecule has 0 unspecified atom stereocenters. The number of sulfonamides is 1. The third kappa shape index (κ3) is 2.34. The first-order valence-electron chi connectivity index (χ1n) is 7.78. The average molecular weight is 346 g/mol. The summed E-state index contributed by atoms with van der Waals surface area (Å²) >= 11 is 0. The van der Waals surface area contributed by atoms with Crippen molar-refractivity contribution in [2.24, 2.45) is 0 Å². The molecule has 0 radical (unpaired) electrons. The Morgan fingerprint density at radius 2 is 1.79 bits per heavy atom. The summed E-state index contributed by atoms with van der Waals surface area (Å²) in [6.07, 6.45) is 1.68. The van der Waals surface area contributed by atoms with Crippen LogP contribution in [0.25, 0.3) is 21.8 Å². The van der Waals surface area contributed by atoms with E-state index in [1.807, 2.05) is 7.05 Å². The molecular weight excluding hydrogens is 328 g/mol. The molecule has 1 aromatic carbocycles. The Hall–Kier alpha value is -2.16. The largest absolute Gasteiger partial charge is 0.357 e. The van der Waals surface area contributed by atoms with Gasteiger partial charge < -0.3 is 14.9 Å². The van der Waals surface area contributed by atoms with Crippen LogP contribution in [0.4, 0.5) is 0 Å². The van der Waals surface area contributed by atoms with Gasteiger partial charge in [-0.3, -0.25) is 4.79 Å². The summed E-state index contributed by atoms with van der Waals surface area (Å²) in [4.78, 5) is 20.0. The molecule has 1 aliphatic heterocycles. The van der Waals surface area contributed by atoms with Crippen molar-refractivity contribution < 1.29 is 8.42 Å². The molecule has 24 heavy (non-hydrogen) atoms. The summed E-state index contributed by atoms with van der Waals surface area (Å²) in [5.74, 6) is 0. The lowest BCUT2D eigenvalue weighted by molar-refractivity contribution is 0.222. The molecule has 2 N–H and O–H groups in total. The van der Waals surface area contributed by atoms with Gasteiger partial charge in [0.15, 0.2) is 0 Å². The zero-order valence-corrected chi connectivity index (χ0v) is 14.1. The van der Waals surface area contributed by atoms with E-state index in [0.29, 0.717) is 24.1 Å². The summed E-state index contributed by atoms with van der Waals surface area (Å²) in [7, 11) is -1.55. The van der Waals surface area contributed by atoms with Crippen molar-refractivity contribution in [2.75, 3.05) is 33.2 Å². The van der Waals surface area contributed by atoms with E-state index in [-0.39, 0.29) is 10.5 Å². The zero-order valence-electron chi connectivity index (χ0n) is 13.2. The number of fused-ring (bicyclic) bond motifs is 3. The van der Waals surface area contributed by atoms with Crippen LogP contribution in [-0.4, -0.2) is 60.8 Å². The van der Waals surface area contributed by atoms with E-state index in [2.05, 4.69) is 14.9 Å². The number of benzene rings is 1. The SMILES string of the molecule is CN1CCN(S(=O)(=O)c2ccc3[nH]c(=O)c4[nH]ccc4c3c2)CC1. The molecule has 126 valence electrons. The van der Waals surface area contributed by atoms with Crippen LogP contribution >= 0.6 is 0 Å². The van der Waals surface area contributed by atoms with Crippen molar-refractivity contribution in [1.29, 1.82) is 0 Å². The lowest BCUT2D eigenvalue weighted by Crippen LogP contribution is -2.47. The maximum atomic E-state index is 12.9. The number of hydrogen-bond acceptors (Lipinski definition) is 4. The number of piperazine rings is 1. The number of aromatic nitrogens is 2. The van der Waals surface area contributed by atoms with Crippen molar-refractivity contribution >= 4 is 31.8 Å². The summed E-state index contributed by atoms with van der Waals surface area (Å²) in [5.41, 5.74) is 0.873. The van der Waals surface area contributed by atoms with Crippen LogP contribution in [0.5, 0.6) is 0 Å². The molecule has 3 aromatic rings. The molecule has 4 rings (SSSR count). The lowest BCUT2D eigenvalue weighted by Gasteiger charge is -2.31. The number of nitrogens with zero attached hydrogens (tertiary/aromatic N) is 2. The third-order valence-corrected chi connectivity index (χ3v) is 6.50. The van der Waals surface area contributed by atoms with Gasteiger partial charge in [0, 0.05) is 48.7 Å². The second kappa shape index (κ2) is 5.44. The summed E-state index contributed by atoms with van der Waals surface area (Å²) in [5, 5.41) is 1.45. The van der Waals surface area contributed by atoms with E-state index in [0.717, 1.165) is 23.9 Å². The second-order valence-electron chi connectivity index (χ2n) is 6.14. The van der Waals surface area contributed by atoms with Crippen molar-refractivity contribution in [3.63, 3.8) is 0 Å². The standard InChI is InChI=1S/C16H18N4O3S/c1-19-6-8-20(9-7-19)24(22,23)11-2-3-14-13(10-11)12-4-5-17-15(12)16(21)18-14/h2-5,10,17H,6-9H2,1H3,(H,18,21). The maximum Gasteiger partial charge on any atom is 0.272 e. The van der Waals surface area contributed by atoms with Crippen molar-refractivity contribution in [1.82, 2.24) is 19.2 Å². The van der Waals surface area contributed by atoms with Crippen LogP contribution in [0.2, 0.25) is 0 Å². The number of H-pyrrole nitrogens is 2. The summed E-state index contributed by atoms with van der Waals surface area (Å²) in [6.45, 7) is 2.43. The molecule has 3 heterocycles. The molecule has 0 amide bonds. The first-order valence-corrected chi connectivity index (χ1v) is 9.23. The van der Waals surface area contributed by atoms with Gasteiger partial charge in [-0.15, -0.1) is 0 Å². The van der Waals surface area contributed by atoms with Gasteiger partial charge in [0.25, 0.3) is 5.56 Å². The minimum atomic E-state index is -3.53. The van der Waals surface area contributed by atoms with Crippen LogP contribution in [0.15, 0.2) is 40.2 Å². The molecule has 2 aromatic heterocycles. The van der Waals surface area contributed by atoms with Gasteiger partial charge in [-0.2, -0.15) is 4.31 Å². The van der Waals surface area contributed by atoms with Gasteiger partial charge in [0.05, 0.1) is 4.90 Å². The predicted octanol–water partition coefficient (Wildman–Crippen LogP) is 0.945. The zero-order chi connectivity index (χ0) is 16.9. The number of rotatable bonds is 2. The molecular formula is C16H18N4O3S. The molecule has 1 saturated heterocycles. The quantitative estimate of drug-likeness (QED) is 0.723. The average Bonchev–Trinajstić information content (AvgIpc) is 3.05. The monoisotopic (exact) mass is 346 g/mol. The first kappa shape index (κ1) is 15.4. The van der Waals surface area contributed by atoms with Gasteiger partial charge >= 0.3 is 0 Å². The van der Waals surface area contributed by atoms with Crippen LogP contribution in [0, 0.1) is 0 Å². The smallest absolute Gasteiger partial charge is 0.272 e. The first-order chi connectivity index (χ1) is 11.5. The van der Waals surface area contributed by atoms with Gasteiger partial charge in [-0.1, -0.05) is 0 Å².